The highest BCUT2D eigenvalue weighted by atomic mass is 35.5. The second-order valence-electron chi connectivity index (χ2n) is 3.44. The minimum absolute atomic E-state index is 0.0840. The zero-order valence-corrected chi connectivity index (χ0v) is 11.3. The third-order valence-corrected chi connectivity index (χ3v) is 2.68. The van der Waals surface area contributed by atoms with E-state index in [1.807, 2.05) is 6.07 Å². The lowest BCUT2D eigenvalue weighted by molar-refractivity contribution is -0.135. The average molecular weight is 281 g/mol. The Labute approximate surface area is 116 Å². The summed E-state index contributed by atoms with van der Waals surface area (Å²) in [6.45, 7) is 0. The summed E-state index contributed by atoms with van der Waals surface area (Å²) in [6, 6.07) is 8.90. The van der Waals surface area contributed by atoms with Gasteiger partial charge in [0.25, 0.3) is 0 Å². The third kappa shape index (κ3) is 4.26. The third-order valence-electron chi connectivity index (χ3n) is 2.26. The summed E-state index contributed by atoms with van der Waals surface area (Å²) in [5.74, 6) is -1.21. The summed E-state index contributed by atoms with van der Waals surface area (Å²) in [7, 11) is 2.48. The van der Waals surface area contributed by atoms with E-state index in [1.54, 1.807) is 24.3 Å². The smallest absolute Gasteiger partial charge is 0.339 e. The van der Waals surface area contributed by atoms with Gasteiger partial charge in [-0.2, -0.15) is 0 Å². The number of halogens is 1. The van der Waals surface area contributed by atoms with Crippen LogP contribution in [-0.2, 0) is 19.1 Å². The monoisotopic (exact) mass is 280 g/mol. The summed E-state index contributed by atoms with van der Waals surface area (Å²) in [6.07, 6.45) is 2.38. The van der Waals surface area contributed by atoms with Gasteiger partial charge in [-0.1, -0.05) is 41.9 Å². The predicted octanol–water partition coefficient (Wildman–Crippen LogP) is 2.54. The summed E-state index contributed by atoms with van der Waals surface area (Å²) < 4.78 is 9.09. The first-order chi connectivity index (χ1) is 9.10. The van der Waals surface area contributed by atoms with E-state index in [4.69, 9.17) is 11.6 Å². The lowest BCUT2D eigenvalue weighted by Gasteiger charge is -2.05. The topological polar surface area (TPSA) is 52.6 Å². The van der Waals surface area contributed by atoms with Gasteiger partial charge in [-0.15, -0.1) is 0 Å². The number of esters is 2. The van der Waals surface area contributed by atoms with Crippen LogP contribution in [0.5, 0.6) is 0 Å². The molecule has 0 N–H and O–H groups in total. The normalized spacial score (nSPS) is 11.9. The second-order valence-corrected chi connectivity index (χ2v) is 3.82. The highest BCUT2D eigenvalue weighted by Crippen LogP contribution is 2.24. The van der Waals surface area contributed by atoms with Gasteiger partial charge in [0.2, 0.25) is 0 Å². The second kappa shape index (κ2) is 7.38. The van der Waals surface area contributed by atoms with Gasteiger partial charge in [-0.3, -0.25) is 0 Å². The molecule has 0 amide bonds. The van der Waals surface area contributed by atoms with Gasteiger partial charge < -0.3 is 9.47 Å². The van der Waals surface area contributed by atoms with E-state index in [1.165, 1.54) is 20.3 Å². The van der Waals surface area contributed by atoms with Crippen molar-refractivity contribution in [2.45, 2.75) is 0 Å². The first-order valence-electron chi connectivity index (χ1n) is 5.39. The van der Waals surface area contributed by atoms with Crippen molar-refractivity contribution < 1.29 is 19.1 Å². The summed E-state index contributed by atoms with van der Waals surface area (Å²) in [4.78, 5) is 22.7. The number of methoxy groups -OCH3 is 2. The van der Waals surface area contributed by atoms with Gasteiger partial charge in [0.05, 0.1) is 24.8 Å². The van der Waals surface area contributed by atoms with E-state index in [2.05, 4.69) is 9.47 Å². The zero-order chi connectivity index (χ0) is 14.3. The molecule has 1 rings (SSSR count). The molecule has 0 bridgehead atoms. The van der Waals surface area contributed by atoms with Crippen LogP contribution in [0, 0.1) is 0 Å². The van der Waals surface area contributed by atoms with Crippen molar-refractivity contribution >= 4 is 28.6 Å². The highest BCUT2D eigenvalue weighted by Gasteiger charge is 2.14. The van der Waals surface area contributed by atoms with Gasteiger partial charge in [0.1, 0.15) is 0 Å². The maximum atomic E-state index is 11.7. The van der Waals surface area contributed by atoms with Crippen LogP contribution in [0.4, 0.5) is 0 Å². The summed E-state index contributed by atoms with van der Waals surface area (Å²) in [5.41, 5.74) is 0.736. The number of carbonyl (C=O) groups is 2. The van der Waals surface area contributed by atoms with Crippen LogP contribution < -0.4 is 0 Å². The SMILES string of the molecule is COC(=O)/C=C/C(C(=O)OC)=C(\Cl)c1ccccc1. The van der Waals surface area contributed by atoms with Crippen molar-refractivity contribution in [1.29, 1.82) is 0 Å². The Bertz CT molecular complexity index is 518. The lowest BCUT2D eigenvalue weighted by Crippen LogP contribution is -2.05. The first-order valence-corrected chi connectivity index (χ1v) is 5.77. The Kier molecular flexibility index (Phi) is 5.82. The molecular weight excluding hydrogens is 268 g/mol. The van der Waals surface area contributed by atoms with E-state index in [0.717, 1.165) is 6.08 Å². The Morgan fingerprint density at radius 2 is 1.68 bits per heavy atom. The van der Waals surface area contributed by atoms with Crippen LogP contribution in [-0.4, -0.2) is 26.2 Å². The molecule has 0 radical (unpaired) electrons. The van der Waals surface area contributed by atoms with E-state index < -0.39 is 11.9 Å². The maximum absolute atomic E-state index is 11.7. The fourth-order valence-corrected chi connectivity index (χ4v) is 1.57. The van der Waals surface area contributed by atoms with Crippen molar-refractivity contribution in [3.8, 4) is 0 Å². The van der Waals surface area contributed by atoms with Gasteiger partial charge in [-0.25, -0.2) is 9.59 Å². The fourth-order valence-electron chi connectivity index (χ4n) is 1.30. The maximum Gasteiger partial charge on any atom is 0.339 e. The molecule has 0 saturated carbocycles. The Hall–Kier alpha value is -2.07. The van der Waals surface area contributed by atoms with E-state index in [9.17, 15) is 9.59 Å². The average Bonchev–Trinajstić information content (AvgIpc) is 2.47. The minimum atomic E-state index is -0.631. The zero-order valence-electron chi connectivity index (χ0n) is 10.6. The molecule has 0 unspecified atom stereocenters. The molecule has 0 aliphatic rings. The first kappa shape index (κ1) is 15.0. The number of hydrogen-bond acceptors (Lipinski definition) is 4. The number of rotatable bonds is 4. The van der Waals surface area contributed by atoms with Crippen LogP contribution in [0.1, 0.15) is 5.56 Å². The van der Waals surface area contributed by atoms with Crippen molar-refractivity contribution in [3.05, 3.63) is 53.6 Å². The van der Waals surface area contributed by atoms with Crippen LogP contribution >= 0.6 is 11.6 Å². The largest absolute Gasteiger partial charge is 0.466 e. The molecule has 4 nitrogen and oxygen atoms in total. The molecule has 100 valence electrons. The summed E-state index contributed by atoms with van der Waals surface area (Å²) >= 11 is 6.15. The van der Waals surface area contributed by atoms with Crippen LogP contribution in [0.2, 0.25) is 0 Å². The molecule has 0 fully saturated rings. The molecule has 0 aliphatic heterocycles. The standard InChI is InChI=1S/C14H13ClO4/c1-18-12(16)9-8-11(14(17)19-2)13(15)10-6-4-3-5-7-10/h3-9H,1-2H3/b9-8+,13-11+. The molecular formula is C14H13ClO4. The van der Waals surface area contributed by atoms with Crippen molar-refractivity contribution in [3.63, 3.8) is 0 Å². The predicted molar refractivity (Wildman–Crippen MR) is 72.4 cm³/mol. The van der Waals surface area contributed by atoms with Gasteiger partial charge in [0.15, 0.2) is 0 Å². The van der Waals surface area contributed by atoms with Crippen molar-refractivity contribution in [2.24, 2.45) is 0 Å². The molecule has 0 saturated heterocycles. The Balaban J connectivity index is 3.19. The fraction of sp³-hybridized carbons (Fsp3) is 0.143. The molecule has 0 spiro atoms. The molecule has 5 heteroatoms. The van der Waals surface area contributed by atoms with Crippen molar-refractivity contribution in [2.75, 3.05) is 14.2 Å². The van der Waals surface area contributed by atoms with E-state index >= 15 is 0 Å². The molecule has 0 atom stereocenters. The Morgan fingerprint density at radius 1 is 1.05 bits per heavy atom. The van der Waals surface area contributed by atoms with Crippen LogP contribution in [0.3, 0.4) is 0 Å². The quantitative estimate of drug-likeness (QED) is 0.483. The number of benzene rings is 1. The molecule has 1 aromatic rings. The van der Waals surface area contributed by atoms with E-state index in [0.29, 0.717) is 5.56 Å². The minimum Gasteiger partial charge on any atom is -0.466 e. The van der Waals surface area contributed by atoms with Crippen LogP contribution in [0.15, 0.2) is 48.1 Å². The number of hydrogen-bond donors (Lipinski definition) is 0. The highest BCUT2D eigenvalue weighted by molar-refractivity contribution is 6.51. The van der Waals surface area contributed by atoms with Gasteiger partial charge in [0, 0.05) is 6.08 Å². The molecule has 0 aromatic heterocycles. The van der Waals surface area contributed by atoms with E-state index in [-0.39, 0.29) is 10.6 Å². The van der Waals surface area contributed by atoms with Gasteiger partial charge >= 0.3 is 11.9 Å². The molecule has 0 aliphatic carbocycles. The molecule has 1 aromatic carbocycles. The van der Waals surface area contributed by atoms with Gasteiger partial charge in [-0.05, 0) is 11.6 Å². The van der Waals surface area contributed by atoms with Crippen molar-refractivity contribution in [1.82, 2.24) is 0 Å². The molecule has 19 heavy (non-hydrogen) atoms. The number of carbonyl (C=O) groups excluding carboxylic acids is 2. The Morgan fingerprint density at radius 3 is 2.21 bits per heavy atom. The number of ether oxygens (including phenoxy) is 2. The summed E-state index contributed by atoms with van der Waals surface area (Å²) in [5, 5.41) is 0.201. The van der Waals surface area contributed by atoms with Crippen LogP contribution in [0.25, 0.3) is 5.03 Å². The molecule has 0 heterocycles. The lowest BCUT2D eigenvalue weighted by atomic mass is 10.1.